The molecule has 0 fully saturated rings. The molecule has 4 heteroatoms. The van der Waals surface area contributed by atoms with E-state index >= 15 is 0 Å². The van der Waals surface area contributed by atoms with Crippen LogP contribution in [0.1, 0.15) is 17.2 Å². The number of rotatable bonds is 6. The SMILES string of the molecule is CN(CC(=O)Nc1ccccc1I)C(c1ccccc1)c1ccccc1. The van der Waals surface area contributed by atoms with Crippen LogP contribution in [-0.4, -0.2) is 24.4 Å². The predicted molar refractivity (Wildman–Crippen MR) is 115 cm³/mol. The average Bonchev–Trinajstić information content (AvgIpc) is 2.65. The fourth-order valence-corrected chi connectivity index (χ4v) is 3.56. The molecule has 3 aromatic carbocycles. The lowest BCUT2D eigenvalue weighted by Crippen LogP contribution is -2.34. The van der Waals surface area contributed by atoms with Gasteiger partial charge < -0.3 is 5.32 Å². The van der Waals surface area contributed by atoms with Gasteiger partial charge in [-0.2, -0.15) is 0 Å². The van der Waals surface area contributed by atoms with Crippen molar-refractivity contribution in [3.05, 3.63) is 99.6 Å². The molecule has 0 aromatic heterocycles. The van der Waals surface area contributed by atoms with Crippen molar-refractivity contribution in [2.45, 2.75) is 6.04 Å². The van der Waals surface area contributed by atoms with Gasteiger partial charge >= 0.3 is 0 Å². The van der Waals surface area contributed by atoms with Gasteiger partial charge in [0.25, 0.3) is 0 Å². The number of carbonyl (C=O) groups is 1. The Morgan fingerprint density at radius 1 is 0.885 bits per heavy atom. The van der Waals surface area contributed by atoms with E-state index in [4.69, 9.17) is 0 Å². The monoisotopic (exact) mass is 456 g/mol. The van der Waals surface area contributed by atoms with Crippen LogP contribution < -0.4 is 5.32 Å². The largest absolute Gasteiger partial charge is 0.324 e. The number of nitrogens with zero attached hydrogens (tertiary/aromatic N) is 1. The van der Waals surface area contributed by atoms with E-state index in [1.54, 1.807) is 0 Å². The summed E-state index contributed by atoms with van der Waals surface area (Å²) in [5, 5.41) is 3.01. The Balaban J connectivity index is 1.79. The molecule has 0 aliphatic carbocycles. The van der Waals surface area contributed by atoms with Crippen LogP contribution in [0.2, 0.25) is 0 Å². The van der Waals surface area contributed by atoms with E-state index in [9.17, 15) is 4.79 Å². The standard InChI is InChI=1S/C22H21IN2O/c1-25(16-21(26)24-20-15-9-8-14-19(20)23)22(17-10-4-2-5-11-17)18-12-6-3-7-13-18/h2-15,22H,16H2,1H3,(H,24,26). The number of halogens is 1. The highest BCUT2D eigenvalue weighted by Gasteiger charge is 2.21. The van der Waals surface area contributed by atoms with Gasteiger partial charge in [0.15, 0.2) is 0 Å². The second-order valence-electron chi connectivity index (χ2n) is 6.17. The van der Waals surface area contributed by atoms with Crippen LogP contribution in [0.15, 0.2) is 84.9 Å². The normalized spacial score (nSPS) is 10.9. The van der Waals surface area contributed by atoms with E-state index in [0.717, 1.165) is 9.26 Å². The molecule has 0 heterocycles. The van der Waals surface area contributed by atoms with Gasteiger partial charge in [-0.25, -0.2) is 0 Å². The molecule has 0 unspecified atom stereocenters. The zero-order chi connectivity index (χ0) is 18.4. The Morgan fingerprint density at radius 3 is 1.92 bits per heavy atom. The highest BCUT2D eigenvalue weighted by Crippen LogP contribution is 2.27. The number of para-hydroxylation sites is 1. The molecule has 0 atom stereocenters. The van der Waals surface area contributed by atoms with Crippen LogP contribution in [0.4, 0.5) is 5.69 Å². The van der Waals surface area contributed by atoms with Crippen molar-refractivity contribution in [3.8, 4) is 0 Å². The second-order valence-corrected chi connectivity index (χ2v) is 7.33. The first kappa shape index (κ1) is 18.6. The first-order valence-corrected chi connectivity index (χ1v) is 9.57. The minimum atomic E-state index is -0.0199. The Hall–Kier alpha value is -2.18. The molecule has 0 aliphatic heterocycles. The third-order valence-electron chi connectivity index (χ3n) is 4.21. The summed E-state index contributed by atoms with van der Waals surface area (Å²) >= 11 is 2.23. The van der Waals surface area contributed by atoms with Gasteiger partial charge in [0.05, 0.1) is 18.3 Å². The number of amides is 1. The van der Waals surface area contributed by atoms with Gasteiger partial charge in [0, 0.05) is 3.57 Å². The number of carbonyl (C=O) groups excluding carboxylic acids is 1. The molecule has 3 aromatic rings. The molecule has 0 aliphatic rings. The fraction of sp³-hybridized carbons (Fsp3) is 0.136. The fourth-order valence-electron chi connectivity index (χ4n) is 3.04. The molecule has 3 nitrogen and oxygen atoms in total. The Kier molecular flexibility index (Phi) is 6.41. The third kappa shape index (κ3) is 4.71. The second kappa shape index (κ2) is 8.96. The molecular weight excluding hydrogens is 435 g/mol. The van der Waals surface area contributed by atoms with Crippen LogP contribution in [0.5, 0.6) is 0 Å². The number of hydrogen-bond acceptors (Lipinski definition) is 2. The van der Waals surface area contributed by atoms with Crippen molar-refractivity contribution in [1.29, 1.82) is 0 Å². The molecule has 0 saturated heterocycles. The summed E-state index contributed by atoms with van der Waals surface area (Å²) < 4.78 is 1.03. The summed E-state index contributed by atoms with van der Waals surface area (Å²) in [7, 11) is 1.99. The maximum Gasteiger partial charge on any atom is 0.238 e. The minimum Gasteiger partial charge on any atom is -0.324 e. The molecule has 132 valence electrons. The molecule has 0 bridgehead atoms. The Bertz CT molecular complexity index is 813. The maximum atomic E-state index is 12.6. The summed E-state index contributed by atoms with van der Waals surface area (Å²) in [6.45, 7) is 0.305. The van der Waals surface area contributed by atoms with Crippen LogP contribution in [0.25, 0.3) is 0 Å². The summed E-state index contributed by atoms with van der Waals surface area (Å²) in [6.07, 6.45) is 0. The first-order chi connectivity index (χ1) is 12.6. The van der Waals surface area contributed by atoms with Gasteiger partial charge in [-0.3, -0.25) is 9.69 Å². The van der Waals surface area contributed by atoms with Gasteiger partial charge in [0.1, 0.15) is 0 Å². The van der Waals surface area contributed by atoms with Crippen molar-refractivity contribution in [1.82, 2.24) is 4.90 Å². The molecule has 0 saturated carbocycles. The summed E-state index contributed by atoms with van der Waals surface area (Å²) in [6, 6.07) is 28.4. The smallest absolute Gasteiger partial charge is 0.238 e. The Morgan fingerprint density at radius 2 is 1.38 bits per heavy atom. The topological polar surface area (TPSA) is 32.3 Å². The van der Waals surface area contributed by atoms with Crippen LogP contribution in [-0.2, 0) is 4.79 Å². The van der Waals surface area contributed by atoms with E-state index < -0.39 is 0 Å². The van der Waals surface area contributed by atoms with E-state index in [2.05, 4.69) is 57.1 Å². The molecule has 1 amide bonds. The van der Waals surface area contributed by atoms with Gasteiger partial charge in [-0.1, -0.05) is 72.8 Å². The van der Waals surface area contributed by atoms with Crippen molar-refractivity contribution in [3.63, 3.8) is 0 Å². The van der Waals surface area contributed by atoms with Gasteiger partial charge in [0.2, 0.25) is 5.91 Å². The van der Waals surface area contributed by atoms with E-state index in [1.165, 1.54) is 11.1 Å². The van der Waals surface area contributed by atoms with Gasteiger partial charge in [-0.15, -0.1) is 0 Å². The van der Waals surface area contributed by atoms with E-state index in [0.29, 0.717) is 6.54 Å². The zero-order valence-electron chi connectivity index (χ0n) is 14.6. The number of hydrogen-bond donors (Lipinski definition) is 1. The zero-order valence-corrected chi connectivity index (χ0v) is 16.8. The molecule has 0 radical (unpaired) electrons. The molecule has 26 heavy (non-hydrogen) atoms. The van der Waals surface area contributed by atoms with Crippen molar-refractivity contribution < 1.29 is 4.79 Å². The highest BCUT2D eigenvalue weighted by atomic mass is 127. The lowest BCUT2D eigenvalue weighted by molar-refractivity contribution is -0.117. The van der Waals surface area contributed by atoms with Crippen molar-refractivity contribution in [2.75, 3.05) is 18.9 Å². The molecule has 3 rings (SSSR count). The third-order valence-corrected chi connectivity index (χ3v) is 5.15. The van der Waals surface area contributed by atoms with Crippen LogP contribution in [0, 0.1) is 3.57 Å². The number of anilines is 1. The number of likely N-dealkylation sites (N-methyl/N-ethyl adjacent to an activating group) is 1. The number of nitrogens with one attached hydrogen (secondary N) is 1. The first-order valence-electron chi connectivity index (χ1n) is 8.49. The van der Waals surface area contributed by atoms with Crippen LogP contribution in [0.3, 0.4) is 0 Å². The van der Waals surface area contributed by atoms with E-state index in [1.807, 2.05) is 67.7 Å². The lowest BCUT2D eigenvalue weighted by atomic mass is 9.97. The van der Waals surface area contributed by atoms with Crippen molar-refractivity contribution in [2.24, 2.45) is 0 Å². The molecule has 1 N–H and O–H groups in total. The quantitative estimate of drug-likeness (QED) is 0.533. The van der Waals surface area contributed by atoms with Crippen LogP contribution >= 0.6 is 22.6 Å². The van der Waals surface area contributed by atoms with Crippen molar-refractivity contribution >= 4 is 34.2 Å². The average molecular weight is 456 g/mol. The maximum absolute atomic E-state index is 12.6. The highest BCUT2D eigenvalue weighted by molar-refractivity contribution is 14.1. The summed E-state index contributed by atoms with van der Waals surface area (Å²) in [4.78, 5) is 14.7. The van der Waals surface area contributed by atoms with E-state index in [-0.39, 0.29) is 11.9 Å². The minimum absolute atomic E-state index is 0.0199. The van der Waals surface area contributed by atoms with Gasteiger partial charge in [-0.05, 0) is 52.9 Å². The predicted octanol–water partition coefficient (Wildman–Crippen LogP) is 4.95. The number of benzene rings is 3. The molecule has 0 spiro atoms. The summed E-state index contributed by atoms with van der Waals surface area (Å²) in [5.74, 6) is -0.0199. The summed E-state index contributed by atoms with van der Waals surface area (Å²) in [5.41, 5.74) is 3.19. The lowest BCUT2D eigenvalue weighted by Gasteiger charge is -2.28. The Labute approximate surface area is 168 Å². The molecular formula is C22H21IN2O.